The van der Waals surface area contributed by atoms with Crippen molar-refractivity contribution < 1.29 is 24.0 Å². The van der Waals surface area contributed by atoms with Crippen molar-refractivity contribution in [2.75, 3.05) is 6.54 Å². The van der Waals surface area contributed by atoms with Crippen LogP contribution in [-0.4, -0.2) is 38.1 Å². The number of halogens is 1. The number of hydrogen-bond donors (Lipinski definition) is 2. The van der Waals surface area contributed by atoms with Crippen LogP contribution in [0.2, 0.25) is 0 Å². The third kappa shape index (κ3) is 4.00. The van der Waals surface area contributed by atoms with Crippen molar-refractivity contribution in [1.29, 1.82) is 0 Å². The number of rotatable bonds is 6. The summed E-state index contributed by atoms with van der Waals surface area (Å²) in [5.41, 5.74) is 2.21. The fourth-order valence-corrected chi connectivity index (χ4v) is 4.58. The van der Waals surface area contributed by atoms with Crippen molar-refractivity contribution in [2.45, 2.75) is 12.5 Å². The normalized spacial score (nSPS) is 17.1. The Morgan fingerprint density at radius 3 is 2.42 bits per heavy atom. The van der Waals surface area contributed by atoms with Crippen LogP contribution in [-0.2, 0) is 16.0 Å². The highest BCUT2D eigenvalue weighted by molar-refractivity contribution is 6.46. The lowest BCUT2D eigenvalue weighted by Crippen LogP contribution is -2.31. The summed E-state index contributed by atoms with van der Waals surface area (Å²) in [4.78, 5) is 41.4. The number of aliphatic hydroxyl groups excluding tert-OH is 1. The second kappa shape index (κ2) is 9.10. The summed E-state index contributed by atoms with van der Waals surface area (Å²) in [6.07, 6.45) is 2.28. The van der Waals surface area contributed by atoms with E-state index in [1.165, 1.54) is 41.3 Å². The molecule has 1 atom stereocenters. The quantitative estimate of drug-likeness (QED) is 0.133. The van der Waals surface area contributed by atoms with Crippen LogP contribution in [0.15, 0.2) is 84.6 Å². The first-order valence-corrected chi connectivity index (χ1v) is 11.2. The summed E-state index contributed by atoms with van der Waals surface area (Å²) >= 11 is 0. The van der Waals surface area contributed by atoms with Gasteiger partial charge >= 0.3 is 0 Å². The minimum absolute atomic E-state index is 0.145. The first-order valence-electron chi connectivity index (χ1n) is 11.2. The molecule has 2 N–H and O–H groups in total. The molecule has 4 aromatic rings. The number of nitrogens with zero attached hydrogens (tertiary/aromatic N) is 2. The molecule has 36 heavy (non-hydrogen) atoms. The number of fused-ring (bicyclic) bond motifs is 1. The largest absolute Gasteiger partial charge is 0.507 e. The van der Waals surface area contributed by atoms with Crippen LogP contribution in [0.25, 0.3) is 16.7 Å². The Labute approximate surface area is 204 Å². The first kappa shape index (κ1) is 23.0. The number of aromatic amines is 1. The number of hydrogen-bond acceptors (Lipinski definition) is 5. The topological polar surface area (TPSA) is 117 Å². The molecule has 0 aliphatic carbocycles. The number of aromatic nitrogens is 1. The van der Waals surface area contributed by atoms with Gasteiger partial charge in [0.25, 0.3) is 17.4 Å². The molecule has 0 spiro atoms. The molecular weight excluding hydrogens is 465 g/mol. The molecule has 0 bridgehead atoms. The Kier molecular flexibility index (Phi) is 5.81. The molecule has 0 unspecified atom stereocenters. The third-order valence-corrected chi connectivity index (χ3v) is 6.37. The zero-order chi connectivity index (χ0) is 25.4. The van der Waals surface area contributed by atoms with Crippen LogP contribution in [0.4, 0.5) is 10.1 Å². The van der Waals surface area contributed by atoms with E-state index in [4.69, 9.17) is 0 Å². The van der Waals surface area contributed by atoms with Gasteiger partial charge in [0.1, 0.15) is 11.6 Å². The van der Waals surface area contributed by atoms with Gasteiger partial charge in [-0.3, -0.25) is 19.7 Å². The number of Topliss-reactive ketones (excluding diaryl/α,β-unsaturated/α-hetero) is 1. The molecule has 1 aliphatic rings. The summed E-state index contributed by atoms with van der Waals surface area (Å²) in [7, 11) is 0. The van der Waals surface area contributed by atoms with Gasteiger partial charge in [0, 0.05) is 41.3 Å². The second-order valence-electron chi connectivity index (χ2n) is 8.46. The van der Waals surface area contributed by atoms with Crippen LogP contribution in [0, 0.1) is 15.9 Å². The van der Waals surface area contributed by atoms with Gasteiger partial charge in [-0.05, 0) is 60.0 Å². The van der Waals surface area contributed by atoms with Crippen LogP contribution in [0.5, 0.6) is 0 Å². The highest BCUT2D eigenvalue weighted by Crippen LogP contribution is 2.40. The number of likely N-dealkylation sites (tertiary alicyclic amines) is 1. The lowest BCUT2D eigenvalue weighted by molar-refractivity contribution is -0.384. The standard InChI is InChI=1S/C27H20FN3O5/c28-19-9-5-17(6-10-19)25(32)23-24(16-7-11-20(12-8-16)31(35)36)30(27(34)26(23)33)14-13-18-15-29-22-4-2-1-3-21(18)22/h1-12,15,24,29,32H,13-14H2/t24-/m1/s1. The number of H-pyrrole nitrogens is 1. The molecule has 1 fully saturated rings. The SMILES string of the molecule is O=C1C(=O)N(CCc2c[nH]c3ccccc23)[C@H](c2ccc([N+](=O)[O-])cc2)C1=C(O)c1ccc(F)cc1. The molecule has 8 nitrogen and oxygen atoms in total. The number of aliphatic hydroxyl groups is 1. The fraction of sp³-hybridized carbons (Fsp3) is 0.111. The van der Waals surface area contributed by atoms with Gasteiger partial charge < -0.3 is 15.0 Å². The maximum Gasteiger partial charge on any atom is 0.295 e. The van der Waals surface area contributed by atoms with Gasteiger partial charge in [-0.1, -0.05) is 18.2 Å². The molecule has 0 saturated carbocycles. The number of para-hydroxylation sites is 1. The van der Waals surface area contributed by atoms with Crippen molar-refractivity contribution in [1.82, 2.24) is 9.88 Å². The molecule has 5 rings (SSSR count). The van der Waals surface area contributed by atoms with E-state index in [0.717, 1.165) is 28.6 Å². The van der Waals surface area contributed by atoms with Gasteiger partial charge in [-0.15, -0.1) is 0 Å². The number of carbonyl (C=O) groups excluding carboxylic acids is 2. The van der Waals surface area contributed by atoms with Gasteiger partial charge in [-0.2, -0.15) is 0 Å². The molecule has 1 saturated heterocycles. The van der Waals surface area contributed by atoms with Crippen molar-refractivity contribution in [3.63, 3.8) is 0 Å². The molecular formula is C27H20FN3O5. The van der Waals surface area contributed by atoms with Crippen LogP contribution < -0.4 is 0 Å². The van der Waals surface area contributed by atoms with Gasteiger partial charge in [0.05, 0.1) is 16.5 Å². The summed E-state index contributed by atoms with van der Waals surface area (Å²) in [5.74, 6) is -2.62. The summed E-state index contributed by atoms with van der Waals surface area (Å²) < 4.78 is 13.4. The first-order chi connectivity index (χ1) is 17.3. The van der Waals surface area contributed by atoms with Gasteiger partial charge in [0.15, 0.2) is 0 Å². The Morgan fingerprint density at radius 2 is 1.72 bits per heavy atom. The van der Waals surface area contributed by atoms with Crippen molar-refractivity contribution in [3.05, 3.63) is 117 Å². The lowest BCUT2D eigenvalue weighted by atomic mass is 9.95. The van der Waals surface area contributed by atoms with E-state index in [1.54, 1.807) is 0 Å². The van der Waals surface area contributed by atoms with Gasteiger partial charge in [0.2, 0.25) is 0 Å². The van der Waals surface area contributed by atoms with Crippen LogP contribution in [0.1, 0.15) is 22.7 Å². The minimum Gasteiger partial charge on any atom is -0.507 e. The molecule has 1 aliphatic heterocycles. The highest BCUT2D eigenvalue weighted by Gasteiger charge is 2.46. The molecule has 1 amide bonds. The third-order valence-electron chi connectivity index (χ3n) is 6.37. The number of nitro benzene ring substituents is 1. The minimum atomic E-state index is -0.971. The number of nitro groups is 1. The highest BCUT2D eigenvalue weighted by atomic mass is 19.1. The number of benzene rings is 3. The lowest BCUT2D eigenvalue weighted by Gasteiger charge is -2.25. The Morgan fingerprint density at radius 1 is 1.03 bits per heavy atom. The maximum atomic E-state index is 13.4. The van der Waals surface area contributed by atoms with E-state index in [1.807, 2.05) is 30.5 Å². The van der Waals surface area contributed by atoms with Crippen molar-refractivity contribution >= 4 is 34.0 Å². The molecule has 0 radical (unpaired) electrons. The fourth-order valence-electron chi connectivity index (χ4n) is 4.58. The monoisotopic (exact) mass is 485 g/mol. The maximum absolute atomic E-state index is 13.4. The zero-order valence-corrected chi connectivity index (χ0v) is 18.8. The van der Waals surface area contributed by atoms with Crippen LogP contribution >= 0.6 is 0 Å². The average molecular weight is 485 g/mol. The molecule has 3 aromatic carbocycles. The van der Waals surface area contributed by atoms with Crippen molar-refractivity contribution in [3.8, 4) is 0 Å². The Bertz CT molecular complexity index is 1520. The van der Waals surface area contributed by atoms with Crippen molar-refractivity contribution in [2.24, 2.45) is 0 Å². The summed E-state index contributed by atoms with van der Waals surface area (Å²) in [6.45, 7) is 0.161. The predicted molar refractivity (Wildman–Crippen MR) is 131 cm³/mol. The number of non-ortho nitro benzene ring substituents is 1. The Balaban J connectivity index is 1.57. The molecule has 180 valence electrons. The van der Waals surface area contributed by atoms with E-state index in [2.05, 4.69) is 4.98 Å². The molecule has 2 heterocycles. The Hall–Kier alpha value is -4.79. The summed E-state index contributed by atoms with van der Waals surface area (Å²) in [6, 6.07) is 17.1. The van der Waals surface area contributed by atoms with E-state index in [0.29, 0.717) is 12.0 Å². The number of ketones is 1. The van der Waals surface area contributed by atoms with E-state index in [-0.39, 0.29) is 23.4 Å². The zero-order valence-electron chi connectivity index (χ0n) is 18.8. The molecule has 9 heteroatoms. The average Bonchev–Trinajstić information content (AvgIpc) is 3.41. The van der Waals surface area contributed by atoms with E-state index in [9.17, 15) is 29.2 Å². The number of nitrogens with one attached hydrogen (secondary N) is 1. The molecule has 1 aromatic heterocycles. The van der Waals surface area contributed by atoms with E-state index < -0.39 is 34.2 Å². The van der Waals surface area contributed by atoms with Crippen LogP contribution in [0.3, 0.4) is 0 Å². The second-order valence-corrected chi connectivity index (χ2v) is 8.46. The predicted octanol–water partition coefficient (Wildman–Crippen LogP) is 4.88. The van der Waals surface area contributed by atoms with E-state index >= 15 is 0 Å². The van der Waals surface area contributed by atoms with Gasteiger partial charge in [-0.25, -0.2) is 4.39 Å². The number of amides is 1. The smallest absolute Gasteiger partial charge is 0.295 e. The number of carbonyl (C=O) groups is 2. The summed E-state index contributed by atoms with van der Waals surface area (Å²) in [5, 5.41) is 23.2.